The molecule has 0 aromatic rings. The summed E-state index contributed by atoms with van der Waals surface area (Å²) < 4.78 is 0. The molecule has 1 heterocycles. The standard InChI is InChI=1S/C7H11As/c1-6-4-8(3)5-7(6)2/h4-5H,1-3H3. The second-order valence-electron chi connectivity index (χ2n) is 2.29. The van der Waals surface area contributed by atoms with E-state index in [1.165, 1.54) is 11.1 Å². The van der Waals surface area contributed by atoms with Gasteiger partial charge in [0.15, 0.2) is 0 Å². The third-order valence-corrected chi connectivity index (χ3v) is 4.75. The van der Waals surface area contributed by atoms with Crippen LogP contribution < -0.4 is 0 Å². The molecule has 0 amide bonds. The molecule has 0 saturated carbocycles. The minimum absolute atomic E-state index is 0.547. The van der Waals surface area contributed by atoms with Gasteiger partial charge in [-0.2, -0.15) is 0 Å². The molecule has 0 aromatic heterocycles. The molecule has 1 rings (SSSR count). The Hall–Kier alpha value is 0.0384. The molecule has 8 heavy (non-hydrogen) atoms. The summed E-state index contributed by atoms with van der Waals surface area (Å²) in [6.45, 7) is 4.40. The van der Waals surface area contributed by atoms with Gasteiger partial charge in [-0.25, -0.2) is 0 Å². The predicted octanol–water partition coefficient (Wildman–Crippen LogP) is 2.10. The third-order valence-electron chi connectivity index (χ3n) is 1.42. The monoisotopic (exact) mass is 170 g/mol. The molecular weight excluding hydrogens is 159 g/mol. The molecule has 1 heteroatoms. The average Bonchev–Trinajstić information content (AvgIpc) is 1.85. The Bertz CT molecular complexity index is 136. The summed E-state index contributed by atoms with van der Waals surface area (Å²) >= 11 is -0.547. The van der Waals surface area contributed by atoms with Crippen LogP contribution in [0.5, 0.6) is 0 Å². The van der Waals surface area contributed by atoms with E-state index in [1.54, 1.807) is 0 Å². The first-order chi connectivity index (χ1) is 3.70. The van der Waals surface area contributed by atoms with Crippen LogP contribution >= 0.6 is 0 Å². The molecule has 0 aliphatic carbocycles. The van der Waals surface area contributed by atoms with Crippen molar-refractivity contribution in [2.45, 2.75) is 19.6 Å². The SMILES string of the molecule is CC1=C[As](C)C=C1C. The van der Waals surface area contributed by atoms with Crippen LogP contribution in [0.15, 0.2) is 20.9 Å². The summed E-state index contributed by atoms with van der Waals surface area (Å²) in [5.41, 5.74) is 5.37. The van der Waals surface area contributed by atoms with Gasteiger partial charge in [0.25, 0.3) is 0 Å². The Kier molecular flexibility index (Phi) is 1.62. The van der Waals surface area contributed by atoms with Crippen molar-refractivity contribution < 1.29 is 0 Å². The predicted molar refractivity (Wildman–Crippen MR) is 39.1 cm³/mol. The first kappa shape index (κ1) is 6.16. The van der Waals surface area contributed by atoms with Crippen molar-refractivity contribution in [3.63, 3.8) is 0 Å². The van der Waals surface area contributed by atoms with Crippen molar-refractivity contribution in [1.29, 1.82) is 0 Å². The number of allylic oxidation sites excluding steroid dienone is 2. The zero-order valence-corrected chi connectivity index (χ0v) is 7.48. The van der Waals surface area contributed by atoms with Crippen LogP contribution in [0.3, 0.4) is 0 Å². The van der Waals surface area contributed by atoms with Gasteiger partial charge < -0.3 is 0 Å². The Morgan fingerprint density at radius 3 is 1.62 bits per heavy atom. The Morgan fingerprint density at radius 1 is 1.12 bits per heavy atom. The summed E-state index contributed by atoms with van der Waals surface area (Å²) in [6.07, 6.45) is 0. The van der Waals surface area contributed by atoms with E-state index in [0.717, 1.165) is 0 Å². The normalized spacial score (nSPS) is 20.9. The van der Waals surface area contributed by atoms with Gasteiger partial charge in [-0.3, -0.25) is 0 Å². The maximum absolute atomic E-state index is 2.43. The van der Waals surface area contributed by atoms with Gasteiger partial charge >= 0.3 is 55.1 Å². The second-order valence-corrected chi connectivity index (χ2v) is 6.17. The van der Waals surface area contributed by atoms with Crippen molar-refractivity contribution in [2.75, 3.05) is 0 Å². The van der Waals surface area contributed by atoms with Crippen LogP contribution in [-0.2, 0) is 0 Å². The molecule has 1 aliphatic rings. The van der Waals surface area contributed by atoms with Crippen molar-refractivity contribution >= 4 is 14.7 Å². The first-order valence-corrected chi connectivity index (χ1v) is 6.83. The van der Waals surface area contributed by atoms with Gasteiger partial charge in [0.1, 0.15) is 0 Å². The molecule has 0 N–H and O–H groups in total. The molecule has 0 unspecified atom stereocenters. The Labute approximate surface area is 55.5 Å². The van der Waals surface area contributed by atoms with E-state index in [-0.39, 0.29) is 0 Å². The van der Waals surface area contributed by atoms with Gasteiger partial charge in [0, 0.05) is 0 Å². The van der Waals surface area contributed by atoms with E-state index in [0.29, 0.717) is 0 Å². The Morgan fingerprint density at radius 2 is 1.50 bits per heavy atom. The molecule has 0 fully saturated rings. The van der Waals surface area contributed by atoms with Crippen LogP contribution in [0.1, 0.15) is 13.8 Å². The van der Waals surface area contributed by atoms with Gasteiger partial charge in [-0.15, -0.1) is 0 Å². The second kappa shape index (κ2) is 2.11. The minimum atomic E-state index is -0.547. The van der Waals surface area contributed by atoms with Crippen LogP contribution in [-0.4, -0.2) is 14.7 Å². The van der Waals surface area contributed by atoms with Crippen molar-refractivity contribution in [3.8, 4) is 0 Å². The summed E-state index contributed by atoms with van der Waals surface area (Å²) in [6, 6.07) is 0. The van der Waals surface area contributed by atoms with Gasteiger partial charge in [-0.1, -0.05) is 0 Å². The van der Waals surface area contributed by atoms with E-state index in [1.807, 2.05) is 0 Å². The topological polar surface area (TPSA) is 0 Å². The fourth-order valence-corrected chi connectivity index (χ4v) is 4.43. The van der Waals surface area contributed by atoms with Gasteiger partial charge in [0.2, 0.25) is 0 Å². The van der Waals surface area contributed by atoms with E-state index in [4.69, 9.17) is 0 Å². The number of hydrogen-bond donors (Lipinski definition) is 0. The molecule has 0 saturated heterocycles. The third kappa shape index (κ3) is 1.06. The molecule has 0 atom stereocenters. The summed E-state index contributed by atoms with van der Waals surface area (Å²) in [5, 5.41) is 0. The molecule has 0 bridgehead atoms. The molecular formula is C7H11As. The van der Waals surface area contributed by atoms with Gasteiger partial charge in [-0.05, 0) is 0 Å². The van der Waals surface area contributed by atoms with E-state index in [2.05, 4.69) is 29.3 Å². The van der Waals surface area contributed by atoms with E-state index < -0.39 is 14.7 Å². The maximum atomic E-state index is 2.43. The molecule has 1 aliphatic heterocycles. The summed E-state index contributed by atoms with van der Waals surface area (Å²) in [4.78, 5) is 4.87. The summed E-state index contributed by atoms with van der Waals surface area (Å²) in [7, 11) is 0. The molecule has 0 radical (unpaired) electrons. The van der Waals surface area contributed by atoms with Crippen molar-refractivity contribution in [3.05, 3.63) is 20.9 Å². The van der Waals surface area contributed by atoms with Crippen LogP contribution in [0, 0.1) is 0 Å². The zero-order chi connectivity index (χ0) is 6.15. The van der Waals surface area contributed by atoms with Crippen LogP contribution in [0.25, 0.3) is 0 Å². The molecule has 0 nitrogen and oxygen atoms in total. The molecule has 0 aromatic carbocycles. The molecule has 44 valence electrons. The van der Waals surface area contributed by atoms with Crippen molar-refractivity contribution in [1.82, 2.24) is 0 Å². The van der Waals surface area contributed by atoms with Crippen LogP contribution in [0.2, 0.25) is 5.71 Å². The van der Waals surface area contributed by atoms with Crippen molar-refractivity contribution in [2.24, 2.45) is 0 Å². The summed E-state index contributed by atoms with van der Waals surface area (Å²) in [5.74, 6) is 0. The molecule has 0 spiro atoms. The average molecular weight is 170 g/mol. The first-order valence-electron chi connectivity index (χ1n) is 2.79. The van der Waals surface area contributed by atoms with Crippen LogP contribution in [0.4, 0.5) is 0 Å². The van der Waals surface area contributed by atoms with Gasteiger partial charge in [0.05, 0.1) is 0 Å². The number of rotatable bonds is 0. The Balaban J connectivity index is 2.82. The van der Waals surface area contributed by atoms with E-state index in [9.17, 15) is 0 Å². The van der Waals surface area contributed by atoms with E-state index >= 15 is 0 Å². The zero-order valence-electron chi connectivity index (χ0n) is 5.60. The quantitative estimate of drug-likeness (QED) is 0.488. The number of hydrogen-bond acceptors (Lipinski definition) is 0. The fraction of sp³-hybridized carbons (Fsp3) is 0.429. The fourth-order valence-electron chi connectivity index (χ4n) is 0.852.